The van der Waals surface area contributed by atoms with E-state index < -0.39 is 52.7 Å². The van der Waals surface area contributed by atoms with Gasteiger partial charge < -0.3 is 20.5 Å². The zero-order chi connectivity index (χ0) is 35.8. The summed E-state index contributed by atoms with van der Waals surface area (Å²) in [6, 6.07) is 22.5. The molecule has 50 heavy (non-hydrogen) atoms. The van der Waals surface area contributed by atoms with Crippen molar-refractivity contribution in [1.29, 1.82) is 0 Å². The van der Waals surface area contributed by atoms with E-state index in [2.05, 4.69) is 38.2 Å². The average molecular weight is 827 g/mol. The molecule has 15 heteroatoms. The minimum absolute atomic E-state index is 0.162. The Morgan fingerprint density at radius 3 is 2.28 bits per heavy atom. The first-order chi connectivity index (χ1) is 23.8. The van der Waals surface area contributed by atoms with Crippen LogP contribution in [0.1, 0.15) is 43.6 Å². The highest BCUT2D eigenvalue weighted by atomic mass is 127. The maximum absolute atomic E-state index is 14.1. The molecule has 3 atom stereocenters. The Morgan fingerprint density at radius 1 is 1.04 bits per heavy atom. The van der Waals surface area contributed by atoms with Gasteiger partial charge in [-0.1, -0.05) is 101 Å². The summed E-state index contributed by atoms with van der Waals surface area (Å²) in [6.45, 7) is 5.04. The van der Waals surface area contributed by atoms with E-state index in [4.69, 9.17) is 20.9 Å². The second kappa shape index (κ2) is 14.2. The van der Waals surface area contributed by atoms with Crippen molar-refractivity contribution in [3.63, 3.8) is 0 Å². The van der Waals surface area contributed by atoms with Crippen molar-refractivity contribution in [3.8, 4) is 0 Å². The van der Waals surface area contributed by atoms with Gasteiger partial charge in [0.05, 0.1) is 10.2 Å². The van der Waals surface area contributed by atoms with Gasteiger partial charge in [-0.25, -0.2) is 14.6 Å². The van der Waals surface area contributed by atoms with Crippen LogP contribution in [0.5, 0.6) is 0 Å². The van der Waals surface area contributed by atoms with E-state index in [1.54, 1.807) is 39.0 Å². The number of carbonyl (C=O) groups is 4. The molecule has 12 nitrogen and oxygen atoms in total. The highest BCUT2D eigenvalue weighted by molar-refractivity contribution is 14.1. The van der Waals surface area contributed by atoms with Crippen molar-refractivity contribution in [2.24, 2.45) is 5.73 Å². The molecule has 3 aromatic carbocycles. The average Bonchev–Trinajstić information content (AvgIpc) is 3.47. The number of hydrogen-bond donors (Lipinski definition) is 4. The van der Waals surface area contributed by atoms with Gasteiger partial charge in [-0.2, -0.15) is 0 Å². The molecule has 4 aromatic rings. The number of hydrogen-bond acceptors (Lipinski definition) is 11. The Labute approximate surface area is 310 Å². The standard InChI is InChI=1S/C35H35IN6O6S2/c1-34(2,3)48-33(46)41-35(38,22-14-15-23-24(16-22)50-32(37)39-23)31(45)40-25-28(43)42-26(21(17-36)18-49-29(25)42)30(44)47-27(19-10-6-4-7-11-19)20-12-8-5-9-13-20/h4-16,25,27,29H,17-18,38H2,1-3H3,(H2,37,39)(H,40,45)(H,41,46)/t25?,29-,35?/m0/s1. The number of fused-ring (bicyclic) bond motifs is 2. The monoisotopic (exact) mass is 826 g/mol. The van der Waals surface area contributed by atoms with E-state index in [1.807, 2.05) is 60.7 Å². The van der Waals surface area contributed by atoms with Crippen LogP contribution in [0.25, 0.3) is 10.2 Å². The fourth-order valence-corrected chi connectivity index (χ4v) is 8.81. The van der Waals surface area contributed by atoms with Crippen LogP contribution in [0, 0.1) is 0 Å². The third kappa shape index (κ3) is 7.17. The minimum Gasteiger partial charge on any atom is -0.448 e. The molecule has 1 fully saturated rings. The molecule has 2 aliphatic heterocycles. The van der Waals surface area contributed by atoms with Gasteiger partial charge in [0.1, 0.15) is 22.7 Å². The third-order valence-corrected chi connectivity index (χ3v) is 11.1. The Bertz CT molecular complexity index is 1950. The normalized spacial score (nSPS) is 18.6. The van der Waals surface area contributed by atoms with Gasteiger partial charge in [0, 0.05) is 15.7 Å². The number of amides is 3. The lowest BCUT2D eigenvalue weighted by Crippen LogP contribution is -2.74. The SMILES string of the molecule is CC(C)(C)OC(=O)NC(N)(C(=O)NC1C(=O)N2C(C(=O)OC(c3ccccc3)c3ccccc3)=C(CI)CS[C@@H]12)c1ccc2nc(N)sc2c1. The number of β-lactam (4-membered cyclic amide) rings is 1. The predicted octanol–water partition coefficient (Wildman–Crippen LogP) is 4.94. The smallest absolute Gasteiger partial charge is 0.409 e. The molecule has 1 saturated heterocycles. The quantitative estimate of drug-likeness (QED) is 0.0595. The molecule has 6 rings (SSSR count). The molecule has 0 spiro atoms. The van der Waals surface area contributed by atoms with Gasteiger partial charge in [0.2, 0.25) is 0 Å². The van der Waals surface area contributed by atoms with E-state index in [0.29, 0.717) is 25.5 Å². The summed E-state index contributed by atoms with van der Waals surface area (Å²) in [5.41, 5.74) is 12.9. The molecular weight excluding hydrogens is 791 g/mol. The van der Waals surface area contributed by atoms with Crippen LogP contribution < -0.4 is 22.1 Å². The first-order valence-electron chi connectivity index (χ1n) is 15.6. The van der Waals surface area contributed by atoms with Crippen molar-refractivity contribution in [2.75, 3.05) is 15.9 Å². The van der Waals surface area contributed by atoms with E-state index in [1.165, 1.54) is 28.0 Å². The number of alkyl halides is 1. The number of ether oxygens (including phenoxy) is 2. The molecular formula is C35H35IN6O6S2. The van der Waals surface area contributed by atoms with E-state index in [0.717, 1.165) is 16.7 Å². The summed E-state index contributed by atoms with van der Waals surface area (Å²) in [4.78, 5) is 60.6. The van der Waals surface area contributed by atoms with Gasteiger partial charge >= 0.3 is 12.1 Å². The van der Waals surface area contributed by atoms with E-state index in [-0.39, 0.29) is 11.3 Å². The zero-order valence-electron chi connectivity index (χ0n) is 27.3. The number of nitrogens with one attached hydrogen (secondary N) is 2. The number of alkyl carbamates (subject to hydrolysis) is 1. The van der Waals surface area contributed by atoms with Gasteiger partial charge in [0.15, 0.2) is 16.9 Å². The fourth-order valence-electron chi connectivity index (χ4n) is 5.69. The fraction of sp³-hybridized carbons (Fsp3) is 0.286. The highest BCUT2D eigenvalue weighted by Crippen LogP contribution is 2.42. The maximum Gasteiger partial charge on any atom is 0.409 e. The number of thiazole rings is 1. The molecule has 3 heterocycles. The van der Waals surface area contributed by atoms with Crippen LogP contribution in [0.15, 0.2) is 90.1 Å². The van der Waals surface area contributed by atoms with Gasteiger partial charge in [-0.15, -0.1) is 11.8 Å². The number of benzene rings is 3. The topological polar surface area (TPSA) is 179 Å². The van der Waals surface area contributed by atoms with Crippen LogP contribution in [0.4, 0.5) is 9.93 Å². The van der Waals surface area contributed by atoms with Crippen LogP contribution >= 0.6 is 45.7 Å². The van der Waals surface area contributed by atoms with Crippen molar-refractivity contribution in [3.05, 3.63) is 107 Å². The molecule has 6 N–H and O–H groups in total. The largest absolute Gasteiger partial charge is 0.448 e. The van der Waals surface area contributed by atoms with Gasteiger partial charge in [-0.3, -0.25) is 25.5 Å². The predicted molar refractivity (Wildman–Crippen MR) is 201 cm³/mol. The molecule has 1 aromatic heterocycles. The van der Waals surface area contributed by atoms with Crippen LogP contribution in [0.3, 0.4) is 0 Å². The lowest BCUT2D eigenvalue weighted by atomic mass is 9.96. The second-order valence-electron chi connectivity index (χ2n) is 12.7. The number of anilines is 1. The second-order valence-corrected chi connectivity index (χ2v) is 15.7. The summed E-state index contributed by atoms with van der Waals surface area (Å²) in [5.74, 6) is -1.57. The van der Waals surface area contributed by atoms with E-state index in [9.17, 15) is 19.2 Å². The lowest BCUT2D eigenvalue weighted by molar-refractivity contribution is -0.155. The van der Waals surface area contributed by atoms with Crippen LogP contribution in [-0.2, 0) is 29.5 Å². The van der Waals surface area contributed by atoms with Gasteiger partial charge in [0.25, 0.3) is 11.8 Å². The number of carbonyl (C=O) groups excluding carboxylic acids is 4. The summed E-state index contributed by atoms with van der Waals surface area (Å²) in [5, 5.41) is 4.97. The summed E-state index contributed by atoms with van der Waals surface area (Å²) < 4.78 is 12.7. The first-order valence-corrected chi connectivity index (χ1v) is 19.0. The molecule has 2 unspecified atom stereocenters. The molecule has 260 valence electrons. The summed E-state index contributed by atoms with van der Waals surface area (Å²) >= 11 is 4.77. The van der Waals surface area contributed by atoms with Gasteiger partial charge in [-0.05, 0) is 49.6 Å². The number of rotatable bonds is 9. The Kier molecular flexibility index (Phi) is 10.1. The summed E-state index contributed by atoms with van der Waals surface area (Å²) in [6.07, 6.45) is -1.64. The minimum atomic E-state index is -2.15. The lowest BCUT2D eigenvalue weighted by Gasteiger charge is -2.50. The summed E-state index contributed by atoms with van der Waals surface area (Å²) in [7, 11) is 0. The molecule has 0 bridgehead atoms. The Morgan fingerprint density at radius 2 is 1.68 bits per heavy atom. The number of aromatic nitrogens is 1. The molecule has 0 radical (unpaired) electrons. The number of nitrogens with zero attached hydrogens (tertiary/aromatic N) is 2. The van der Waals surface area contributed by atoms with Crippen molar-refractivity contribution in [1.82, 2.24) is 20.5 Å². The van der Waals surface area contributed by atoms with Crippen molar-refractivity contribution >= 4 is 84.9 Å². The van der Waals surface area contributed by atoms with E-state index >= 15 is 0 Å². The Balaban J connectivity index is 1.26. The first kappa shape index (κ1) is 35.6. The number of nitrogens with two attached hydrogens (primary N) is 2. The van der Waals surface area contributed by atoms with Crippen LogP contribution in [0.2, 0.25) is 0 Å². The number of thioether (sulfide) groups is 1. The number of nitrogen functional groups attached to an aromatic ring is 1. The Hall–Kier alpha value is -4.19. The zero-order valence-corrected chi connectivity index (χ0v) is 31.1. The molecule has 0 aliphatic carbocycles. The van der Waals surface area contributed by atoms with Crippen molar-refractivity contribution < 1.29 is 28.7 Å². The number of esters is 1. The third-order valence-electron chi connectivity index (χ3n) is 8.03. The van der Waals surface area contributed by atoms with Crippen molar-refractivity contribution in [2.45, 2.75) is 49.6 Å². The highest BCUT2D eigenvalue weighted by Gasteiger charge is 2.56. The number of halogens is 1. The molecule has 3 amide bonds. The molecule has 2 aliphatic rings. The molecule has 0 saturated carbocycles. The van der Waals surface area contributed by atoms with Crippen LogP contribution in [-0.4, -0.2) is 61.0 Å². The maximum atomic E-state index is 14.1.